The van der Waals surface area contributed by atoms with Gasteiger partial charge in [0.2, 0.25) is 0 Å². The molecular formula is C14H14BrN. The molecule has 0 spiro atoms. The molecule has 0 atom stereocenters. The highest BCUT2D eigenvalue weighted by molar-refractivity contribution is 9.10. The summed E-state index contributed by atoms with van der Waals surface area (Å²) in [7, 11) is 0. The van der Waals surface area contributed by atoms with E-state index in [2.05, 4.69) is 59.3 Å². The Labute approximate surface area is 104 Å². The van der Waals surface area contributed by atoms with Crippen LogP contribution in [0.4, 0.5) is 5.69 Å². The van der Waals surface area contributed by atoms with E-state index in [1.165, 1.54) is 16.7 Å². The summed E-state index contributed by atoms with van der Waals surface area (Å²) in [5, 5.41) is 0. The first-order chi connectivity index (χ1) is 7.65. The summed E-state index contributed by atoms with van der Waals surface area (Å²) in [6.45, 7) is 2.06. The van der Waals surface area contributed by atoms with Crippen LogP contribution in [0.25, 0.3) is 0 Å². The fraction of sp³-hybridized carbons (Fsp3) is 0.143. The van der Waals surface area contributed by atoms with Crippen molar-refractivity contribution in [2.24, 2.45) is 0 Å². The second kappa shape index (κ2) is 4.71. The minimum Gasteiger partial charge on any atom is -0.398 e. The van der Waals surface area contributed by atoms with Crippen molar-refractivity contribution in [2.75, 3.05) is 5.73 Å². The first-order valence-corrected chi connectivity index (χ1v) is 6.04. The molecule has 0 aliphatic heterocycles. The Hall–Kier alpha value is -1.28. The Morgan fingerprint density at radius 3 is 2.38 bits per heavy atom. The molecule has 0 saturated heterocycles. The van der Waals surface area contributed by atoms with Crippen LogP contribution >= 0.6 is 15.9 Å². The van der Waals surface area contributed by atoms with Gasteiger partial charge in [0.25, 0.3) is 0 Å². The molecule has 2 rings (SSSR count). The number of hydrogen-bond donors (Lipinski definition) is 1. The second-order valence-corrected chi connectivity index (χ2v) is 4.92. The van der Waals surface area contributed by atoms with Crippen molar-refractivity contribution in [2.45, 2.75) is 13.3 Å². The van der Waals surface area contributed by atoms with E-state index in [9.17, 15) is 0 Å². The Morgan fingerprint density at radius 2 is 1.75 bits per heavy atom. The molecule has 2 N–H and O–H groups in total. The van der Waals surface area contributed by atoms with Gasteiger partial charge in [0.15, 0.2) is 0 Å². The van der Waals surface area contributed by atoms with Gasteiger partial charge in [-0.25, -0.2) is 0 Å². The Bertz CT molecular complexity index is 489. The van der Waals surface area contributed by atoms with Crippen LogP contribution in [0.2, 0.25) is 0 Å². The molecule has 0 unspecified atom stereocenters. The highest BCUT2D eigenvalue weighted by atomic mass is 79.9. The lowest BCUT2D eigenvalue weighted by atomic mass is 10.0. The van der Waals surface area contributed by atoms with E-state index in [0.717, 1.165) is 16.6 Å². The van der Waals surface area contributed by atoms with Gasteiger partial charge in [-0.15, -0.1) is 0 Å². The Kier molecular flexibility index (Phi) is 3.30. The molecule has 2 aromatic carbocycles. The van der Waals surface area contributed by atoms with Crippen LogP contribution in [0.5, 0.6) is 0 Å². The number of benzene rings is 2. The van der Waals surface area contributed by atoms with Crippen LogP contribution in [0.15, 0.2) is 46.9 Å². The molecule has 2 heteroatoms. The average Bonchev–Trinajstić information content (AvgIpc) is 2.25. The molecule has 0 heterocycles. The molecule has 2 aromatic rings. The lowest BCUT2D eigenvalue weighted by molar-refractivity contribution is 1.19. The van der Waals surface area contributed by atoms with Gasteiger partial charge in [0.1, 0.15) is 0 Å². The zero-order chi connectivity index (χ0) is 11.5. The molecule has 0 aliphatic rings. The molecule has 0 saturated carbocycles. The predicted octanol–water partition coefficient (Wildman–Crippen LogP) is 3.93. The van der Waals surface area contributed by atoms with E-state index >= 15 is 0 Å². The lowest BCUT2D eigenvalue weighted by Gasteiger charge is -2.07. The molecule has 0 aliphatic carbocycles. The Balaban J connectivity index is 2.23. The minimum atomic E-state index is 0.878. The molecule has 82 valence electrons. The maximum Gasteiger partial charge on any atom is 0.0352 e. The first-order valence-electron chi connectivity index (χ1n) is 5.24. The summed E-state index contributed by atoms with van der Waals surface area (Å²) in [6, 6.07) is 14.6. The maximum atomic E-state index is 5.99. The number of rotatable bonds is 2. The lowest BCUT2D eigenvalue weighted by Crippen LogP contribution is -1.96. The van der Waals surface area contributed by atoms with E-state index in [-0.39, 0.29) is 0 Å². The standard InChI is InChI=1S/C14H14BrN/c1-10-2-5-12(14(16)8-10)9-11-3-6-13(15)7-4-11/h2-8H,9,16H2,1H3. The van der Waals surface area contributed by atoms with Crippen LogP contribution < -0.4 is 5.73 Å². The largest absolute Gasteiger partial charge is 0.398 e. The number of aryl methyl sites for hydroxylation is 1. The molecule has 0 radical (unpaired) electrons. The summed E-state index contributed by atoms with van der Waals surface area (Å²) in [5.41, 5.74) is 10.5. The number of hydrogen-bond acceptors (Lipinski definition) is 1. The average molecular weight is 276 g/mol. The van der Waals surface area contributed by atoms with Crippen molar-refractivity contribution in [3.8, 4) is 0 Å². The van der Waals surface area contributed by atoms with E-state index in [1.807, 2.05) is 6.07 Å². The maximum absolute atomic E-state index is 5.99. The summed E-state index contributed by atoms with van der Waals surface area (Å²) < 4.78 is 1.10. The third kappa shape index (κ3) is 2.64. The van der Waals surface area contributed by atoms with Crippen LogP contribution in [-0.2, 0) is 6.42 Å². The van der Waals surface area contributed by atoms with Crippen LogP contribution in [0, 0.1) is 6.92 Å². The van der Waals surface area contributed by atoms with E-state index in [4.69, 9.17) is 5.73 Å². The van der Waals surface area contributed by atoms with E-state index in [0.29, 0.717) is 0 Å². The monoisotopic (exact) mass is 275 g/mol. The fourth-order valence-corrected chi connectivity index (χ4v) is 1.96. The van der Waals surface area contributed by atoms with Crippen LogP contribution in [-0.4, -0.2) is 0 Å². The molecule has 1 nitrogen and oxygen atoms in total. The fourth-order valence-electron chi connectivity index (χ4n) is 1.70. The van der Waals surface area contributed by atoms with Gasteiger partial charge in [-0.1, -0.05) is 40.2 Å². The van der Waals surface area contributed by atoms with Gasteiger partial charge in [0, 0.05) is 10.2 Å². The van der Waals surface area contributed by atoms with Crippen molar-refractivity contribution < 1.29 is 0 Å². The van der Waals surface area contributed by atoms with Crippen molar-refractivity contribution in [1.29, 1.82) is 0 Å². The smallest absolute Gasteiger partial charge is 0.0352 e. The van der Waals surface area contributed by atoms with E-state index < -0.39 is 0 Å². The molecule has 0 fully saturated rings. The van der Waals surface area contributed by atoms with Gasteiger partial charge < -0.3 is 5.73 Å². The summed E-state index contributed by atoms with van der Waals surface area (Å²) in [5.74, 6) is 0. The zero-order valence-corrected chi connectivity index (χ0v) is 10.8. The van der Waals surface area contributed by atoms with Gasteiger partial charge in [0.05, 0.1) is 0 Å². The topological polar surface area (TPSA) is 26.0 Å². The van der Waals surface area contributed by atoms with Crippen LogP contribution in [0.1, 0.15) is 16.7 Å². The number of nitrogens with two attached hydrogens (primary N) is 1. The third-order valence-corrected chi connectivity index (χ3v) is 3.14. The van der Waals surface area contributed by atoms with Gasteiger partial charge in [-0.3, -0.25) is 0 Å². The molecule has 0 aromatic heterocycles. The normalized spacial score (nSPS) is 10.4. The first kappa shape index (κ1) is 11.2. The molecular weight excluding hydrogens is 262 g/mol. The molecule has 0 bridgehead atoms. The van der Waals surface area contributed by atoms with Gasteiger partial charge in [-0.05, 0) is 48.2 Å². The summed E-state index contributed by atoms with van der Waals surface area (Å²) in [4.78, 5) is 0. The number of halogens is 1. The number of anilines is 1. The van der Waals surface area contributed by atoms with Crippen molar-refractivity contribution in [3.63, 3.8) is 0 Å². The minimum absolute atomic E-state index is 0.878. The highest BCUT2D eigenvalue weighted by Crippen LogP contribution is 2.19. The summed E-state index contributed by atoms with van der Waals surface area (Å²) >= 11 is 3.43. The third-order valence-electron chi connectivity index (χ3n) is 2.61. The van der Waals surface area contributed by atoms with Gasteiger partial charge >= 0.3 is 0 Å². The van der Waals surface area contributed by atoms with E-state index in [1.54, 1.807) is 0 Å². The Morgan fingerprint density at radius 1 is 1.06 bits per heavy atom. The molecule has 16 heavy (non-hydrogen) atoms. The van der Waals surface area contributed by atoms with Crippen molar-refractivity contribution >= 4 is 21.6 Å². The predicted molar refractivity (Wildman–Crippen MR) is 72.5 cm³/mol. The molecule has 0 amide bonds. The van der Waals surface area contributed by atoms with Crippen molar-refractivity contribution in [1.82, 2.24) is 0 Å². The second-order valence-electron chi connectivity index (χ2n) is 4.01. The van der Waals surface area contributed by atoms with Crippen LogP contribution in [0.3, 0.4) is 0 Å². The zero-order valence-electron chi connectivity index (χ0n) is 9.20. The van der Waals surface area contributed by atoms with Crippen molar-refractivity contribution in [3.05, 3.63) is 63.6 Å². The number of nitrogen functional groups attached to an aromatic ring is 1. The quantitative estimate of drug-likeness (QED) is 0.826. The highest BCUT2D eigenvalue weighted by Gasteiger charge is 2.01. The SMILES string of the molecule is Cc1ccc(Cc2ccc(Br)cc2)c(N)c1. The summed E-state index contributed by atoms with van der Waals surface area (Å²) in [6.07, 6.45) is 0.888. The van der Waals surface area contributed by atoms with Gasteiger partial charge in [-0.2, -0.15) is 0 Å².